The van der Waals surface area contributed by atoms with Gasteiger partial charge in [-0.1, -0.05) is 26.7 Å². The minimum Gasteiger partial charge on any atom is -0.315 e. The van der Waals surface area contributed by atoms with Crippen LogP contribution >= 0.6 is 0 Å². The van der Waals surface area contributed by atoms with Gasteiger partial charge in [0.2, 0.25) is 0 Å². The molecule has 3 nitrogen and oxygen atoms in total. The second-order valence-corrected chi connectivity index (χ2v) is 7.43. The highest BCUT2D eigenvalue weighted by molar-refractivity contribution is 4.87. The van der Waals surface area contributed by atoms with Crippen molar-refractivity contribution in [3.63, 3.8) is 0 Å². The van der Waals surface area contributed by atoms with Crippen LogP contribution in [0, 0.1) is 11.3 Å². The first-order chi connectivity index (χ1) is 9.70. The monoisotopic (exact) mass is 281 g/mol. The zero-order valence-electron chi connectivity index (χ0n) is 13.7. The third kappa shape index (κ3) is 5.34. The molecule has 0 unspecified atom stereocenters. The summed E-state index contributed by atoms with van der Waals surface area (Å²) in [6, 6.07) is 0. The summed E-state index contributed by atoms with van der Waals surface area (Å²) in [7, 11) is 0. The predicted molar refractivity (Wildman–Crippen MR) is 87.2 cm³/mol. The minimum atomic E-state index is 0.620. The maximum absolute atomic E-state index is 3.78. The lowest BCUT2D eigenvalue weighted by molar-refractivity contribution is 0.216. The van der Waals surface area contributed by atoms with Gasteiger partial charge >= 0.3 is 0 Å². The lowest BCUT2D eigenvalue weighted by Gasteiger charge is -2.32. The molecule has 2 N–H and O–H groups in total. The average Bonchev–Trinajstić information content (AvgIpc) is 2.70. The second-order valence-electron chi connectivity index (χ2n) is 7.43. The molecule has 0 atom stereocenters. The van der Waals surface area contributed by atoms with E-state index in [1.807, 2.05) is 0 Å². The highest BCUT2D eigenvalue weighted by Gasteiger charge is 2.33. The van der Waals surface area contributed by atoms with Crippen LogP contribution in [0.1, 0.15) is 52.4 Å². The van der Waals surface area contributed by atoms with Crippen LogP contribution in [0.4, 0.5) is 0 Å². The SMILES string of the molecule is CC(C)CC1(CNCCN2CCCNCC2)CCCC1. The third-order valence-corrected chi connectivity index (χ3v) is 5.04. The summed E-state index contributed by atoms with van der Waals surface area (Å²) in [5.41, 5.74) is 0.620. The Morgan fingerprint density at radius 1 is 1.10 bits per heavy atom. The quantitative estimate of drug-likeness (QED) is 0.702. The van der Waals surface area contributed by atoms with Gasteiger partial charge in [-0.3, -0.25) is 0 Å². The molecule has 1 saturated carbocycles. The van der Waals surface area contributed by atoms with Crippen LogP contribution in [0.15, 0.2) is 0 Å². The van der Waals surface area contributed by atoms with E-state index in [1.54, 1.807) is 0 Å². The standard InChI is InChI=1S/C17H35N3/c1-16(2)14-17(6-3-4-7-17)15-19-10-13-20-11-5-8-18-9-12-20/h16,18-19H,3-15H2,1-2H3. The molecular weight excluding hydrogens is 246 g/mol. The van der Waals surface area contributed by atoms with E-state index in [4.69, 9.17) is 0 Å². The predicted octanol–water partition coefficient (Wildman–Crippen LogP) is 2.48. The molecule has 1 aliphatic heterocycles. The summed E-state index contributed by atoms with van der Waals surface area (Å²) < 4.78 is 0. The first-order valence-corrected chi connectivity index (χ1v) is 8.84. The summed E-state index contributed by atoms with van der Waals surface area (Å²) in [5, 5.41) is 7.26. The lowest BCUT2D eigenvalue weighted by atomic mass is 9.78. The van der Waals surface area contributed by atoms with Crippen LogP contribution < -0.4 is 10.6 Å². The lowest BCUT2D eigenvalue weighted by Crippen LogP contribution is -2.39. The first-order valence-electron chi connectivity index (χ1n) is 8.84. The van der Waals surface area contributed by atoms with E-state index in [1.165, 1.54) is 77.8 Å². The number of hydrogen-bond acceptors (Lipinski definition) is 3. The van der Waals surface area contributed by atoms with Gasteiger partial charge in [0.15, 0.2) is 0 Å². The van der Waals surface area contributed by atoms with Crippen LogP contribution in [0.25, 0.3) is 0 Å². The Bertz CT molecular complexity index is 251. The molecule has 2 fully saturated rings. The fourth-order valence-electron chi connectivity index (χ4n) is 4.16. The first kappa shape index (κ1) is 16.3. The van der Waals surface area contributed by atoms with Crippen molar-refractivity contribution in [1.29, 1.82) is 0 Å². The molecule has 2 rings (SSSR count). The van der Waals surface area contributed by atoms with Crippen molar-refractivity contribution in [2.45, 2.75) is 52.4 Å². The number of hydrogen-bond donors (Lipinski definition) is 2. The van der Waals surface area contributed by atoms with E-state index in [0.29, 0.717) is 5.41 Å². The maximum Gasteiger partial charge on any atom is 0.0107 e. The Kier molecular flexibility index (Phi) is 6.79. The highest BCUT2D eigenvalue weighted by Crippen LogP contribution is 2.42. The molecule has 0 aromatic carbocycles. The molecule has 118 valence electrons. The molecule has 0 amide bonds. The van der Waals surface area contributed by atoms with Gasteiger partial charge in [-0.25, -0.2) is 0 Å². The Morgan fingerprint density at radius 3 is 2.65 bits per heavy atom. The van der Waals surface area contributed by atoms with Crippen molar-refractivity contribution in [3.05, 3.63) is 0 Å². The molecule has 0 spiro atoms. The Morgan fingerprint density at radius 2 is 1.90 bits per heavy atom. The summed E-state index contributed by atoms with van der Waals surface area (Å²) in [5.74, 6) is 0.839. The molecule has 0 aromatic heterocycles. The van der Waals surface area contributed by atoms with E-state index in [2.05, 4.69) is 29.4 Å². The van der Waals surface area contributed by atoms with Gasteiger partial charge in [0.25, 0.3) is 0 Å². The molecule has 20 heavy (non-hydrogen) atoms. The van der Waals surface area contributed by atoms with Crippen LogP contribution in [-0.4, -0.2) is 50.7 Å². The van der Waals surface area contributed by atoms with Crippen LogP contribution in [0.3, 0.4) is 0 Å². The van der Waals surface area contributed by atoms with Gasteiger partial charge in [-0.05, 0) is 50.1 Å². The Balaban J connectivity index is 1.65. The van der Waals surface area contributed by atoms with Crippen molar-refractivity contribution in [2.75, 3.05) is 45.8 Å². The minimum absolute atomic E-state index is 0.620. The summed E-state index contributed by atoms with van der Waals surface area (Å²) >= 11 is 0. The fraction of sp³-hybridized carbons (Fsp3) is 1.00. The van der Waals surface area contributed by atoms with Crippen LogP contribution in [-0.2, 0) is 0 Å². The molecule has 0 aromatic rings. The van der Waals surface area contributed by atoms with Gasteiger partial charge in [-0.15, -0.1) is 0 Å². The van der Waals surface area contributed by atoms with Crippen molar-refractivity contribution >= 4 is 0 Å². The van der Waals surface area contributed by atoms with E-state index >= 15 is 0 Å². The van der Waals surface area contributed by atoms with Gasteiger partial charge in [0, 0.05) is 32.7 Å². The fourth-order valence-corrected chi connectivity index (χ4v) is 4.16. The largest absolute Gasteiger partial charge is 0.315 e. The molecule has 1 aliphatic carbocycles. The van der Waals surface area contributed by atoms with Crippen molar-refractivity contribution in [3.8, 4) is 0 Å². The zero-order chi connectivity index (χ0) is 14.3. The van der Waals surface area contributed by atoms with Gasteiger partial charge < -0.3 is 15.5 Å². The Labute approximate surface area is 125 Å². The van der Waals surface area contributed by atoms with E-state index in [-0.39, 0.29) is 0 Å². The van der Waals surface area contributed by atoms with E-state index < -0.39 is 0 Å². The van der Waals surface area contributed by atoms with Crippen molar-refractivity contribution in [1.82, 2.24) is 15.5 Å². The Hall–Kier alpha value is -0.120. The van der Waals surface area contributed by atoms with Crippen LogP contribution in [0.2, 0.25) is 0 Å². The molecule has 0 radical (unpaired) electrons. The highest BCUT2D eigenvalue weighted by atomic mass is 15.2. The molecule has 0 bridgehead atoms. The topological polar surface area (TPSA) is 27.3 Å². The molecule has 3 heteroatoms. The third-order valence-electron chi connectivity index (χ3n) is 5.04. The van der Waals surface area contributed by atoms with Crippen LogP contribution in [0.5, 0.6) is 0 Å². The van der Waals surface area contributed by atoms with Gasteiger partial charge in [0.1, 0.15) is 0 Å². The van der Waals surface area contributed by atoms with Crippen molar-refractivity contribution < 1.29 is 0 Å². The summed E-state index contributed by atoms with van der Waals surface area (Å²) in [4.78, 5) is 2.61. The average molecular weight is 281 g/mol. The molecule has 1 heterocycles. The van der Waals surface area contributed by atoms with Gasteiger partial charge in [-0.2, -0.15) is 0 Å². The normalized spacial score (nSPS) is 24.1. The second kappa shape index (κ2) is 8.35. The molecule has 2 aliphatic rings. The van der Waals surface area contributed by atoms with E-state index in [9.17, 15) is 0 Å². The van der Waals surface area contributed by atoms with Crippen molar-refractivity contribution in [2.24, 2.45) is 11.3 Å². The summed E-state index contributed by atoms with van der Waals surface area (Å²) in [6.07, 6.45) is 8.51. The molecular formula is C17H35N3. The van der Waals surface area contributed by atoms with E-state index in [0.717, 1.165) is 12.5 Å². The van der Waals surface area contributed by atoms with Gasteiger partial charge in [0.05, 0.1) is 0 Å². The smallest absolute Gasteiger partial charge is 0.0107 e. The number of rotatable bonds is 7. The number of nitrogens with one attached hydrogen (secondary N) is 2. The maximum atomic E-state index is 3.78. The number of nitrogens with zero attached hydrogens (tertiary/aromatic N) is 1. The molecule has 1 saturated heterocycles. The zero-order valence-corrected chi connectivity index (χ0v) is 13.7. The summed E-state index contributed by atoms with van der Waals surface area (Å²) in [6.45, 7) is 13.2.